The van der Waals surface area contributed by atoms with Crippen molar-refractivity contribution in [1.29, 1.82) is 0 Å². The number of carbonyl (C=O) groups is 1. The van der Waals surface area contributed by atoms with E-state index in [1.165, 1.54) is 30.5 Å². The van der Waals surface area contributed by atoms with Gasteiger partial charge in [0.2, 0.25) is 0 Å². The van der Waals surface area contributed by atoms with Crippen molar-refractivity contribution in [2.75, 3.05) is 52.5 Å². The highest BCUT2D eigenvalue weighted by atomic mass is 16.6. The summed E-state index contributed by atoms with van der Waals surface area (Å²) in [5.74, 6) is 1.06. The molecule has 6 nitrogen and oxygen atoms in total. The minimum Gasteiger partial charge on any atom is -0.493 e. The maximum Gasteiger partial charge on any atom is 0.409 e. The van der Waals surface area contributed by atoms with E-state index in [0.29, 0.717) is 12.6 Å². The van der Waals surface area contributed by atoms with Crippen LogP contribution in [0.2, 0.25) is 0 Å². The molecule has 6 heteroatoms. The smallest absolute Gasteiger partial charge is 0.409 e. The van der Waals surface area contributed by atoms with E-state index in [1.807, 2.05) is 11.8 Å². The Bertz CT molecular complexity index is 658. The molecule has 3 heterocycles. The minimum atomic E-state index is -0.164. The summed E-state index contributed by atoms with van der Waals surface area (Å²) < 4.78 is 10.8. The van der Waals surface area contributed by atoms with Gasteiger partial charge in [-0.05, 0) is 43.5 Å². The topological polar surface area (TPSA) is 45.2 Å². The van der Waals surface area contributed by atoms with Gasteiger partial charge < -0.3 is 14.4 Å². The van der Waals surface area contributed by atoms with Crippen LogP contribution in [0.1, 0.15) is 30.9 Å². The normalized spacial score (nSPS) is 23.7. The first-order chi connectivity index (χ1) is 13.2. The molecule has 1 aromatic carbocycles. The van der Waals surface area contributed by atoms with Gasteiger partial charge in [-0.2, -0.15) is 0 Å². The third-order valence-corrected chi connectivity index (χ3v) is 6.00. The number of fused-ring (bicyclic) bond motifs is 1. The number of piperazine rings is 1. The number of carbonyl (C=O) groups excluding carboxylic acids is 1. The number of piperidine rings is 1. The number of hydrogen-bond donors (Lipinski definition) is 0. The van der Waals surface area contributed by atoms with Crippen molar-refractivity contribution >= 4 is 6.09 Å². The van der Waals surface area contributed by atoms with Crippen molar-refractivity contribution in [3.05, 3.63) is 29.3 Å². The van der Waals surface area contributed by atoms with Crippen LogP contribution < -0.4 is 4.74 Å². The molecule has 0 N–H and O–H groups in total. The van der Waals surface area contributed by atoms with E-state index in [1.54, 1.807) is 0 Å². The molecule has 1 amide bonds. The zero-order chi connectivity index (χ0) is 18.6. The number of rotatable bonds is 4. The quantitative estimate of drug-likeness (QED) is 0.811. The van der Waals surface area contributed by atoms with Crippen LogP contribution in [0.5, 0.6) is 5.75 Å². The first-order valence-corrected chi connectivity index (χ1v) is 10.4. The second kappa shape index (κ2) is 8.48. The number of ether oxygens (including phenoxy) is 2. The Hall–Kier alpha value is -1.79. The van der Waals surface area contributed by atoms with E-state index in [4.69, 9.17) is 9.47 Å². The second-order valence-corrected chi connectivity index (χ2v) is 7.79. The molecule has 0 bridgehead atoms. The van der Waals surface area contributed by atoms with E-state index < -0.39 is 0 Å². The van der Waals surface area contributed by atoms with Gasteiger partial charge in [0.15, 0.2) is 0 Å². The van der Waals surface area contributed by atoms with E-state index in [9.17, 15) is 4.79 Å². The summed E-state index contributed by atoms with van der Waals surface area (Å²) in [6.45, 7) is 9.90. The molecule has 3 aliphatic rings. The highest BCUT2D eigenvalue weighted by Crippen LogP contribution is 2.27. The van der Waals surface area contributed by atoms with Gasteiger partial charge >= 0.3 is 6.09 Å². The maximum absolute atomic E-state index is 11.9. The van der Waals surface area contributed by atoms with Crippen LogP contribution in [0.15, 0.2) is 18.2 Å². The summed E-state index contributed by atoms with van der Waals surface area (Å²) in [6.07, 6.45) is 3.38. The summed E-state index contributed by atoms with van der Waals surface area (Å²) in [5, 5.41) is 0. The Morgan fingerprint density at radius 1 is 1.22 bits per heavy atom. The Labute approximate surface area is 162 Å². The Morgan fingerprint density at radius 2 is 2.07 bits per heavy atom. The number of benzene rings is 1. The average Bonchev–Trinajstić information content (AvgIpc) is 3.16. The number of nitrogens with zero attached hydrogens (tertiary/aromatic N) is 3. The Kier molecular flexibility index (Phi) is 5.83. The lowest BCUT2D eigenvalue weighted by Crippen LogP contribution is -2.55. The van der Waals surface area contributed by atoms with Crippen molar-refractivity contribution < 1.29 is 14.3 Å². The van der Waals surface area contributed by atoms with E-state index in [-0.39, 0.29) is 6.09 Å². The lowest BCUT2D eigenvalue weighted by atomic mass is 10.0. The van der Waals surface area contributed by atoms with Gasteiger partial charge in [0.05, 0.1) is 13.2 Å². The number of amides is 1. The average molecular weight is 373 g/mol. The third kappa shape index (κ3) is 4.38. The molecule has 2 fully saturated rings. The van der Waals surface area contributed by atoms with Crippen molar-refractivity contribution in [1.82, 2.24) is 14.7 Å². The SMILES string of the molecule is CCOC(=O)N1CCN([C@@H]2CCCN(Cc3ccc4c(c3)CCO4)C2)CC1. The fourth-order valence-corrected chi connectivity index (χ4v) is 4.55. The molecule has 0 aliphatic carbocycles. The molecular formula is C21H31N3O3. The van der Waals surface area contributed by atoms with Crippen molar-refractivity contribution in [2.45, 2.75) is 38.8 Å². The molecule has 2 saturated heterocycles. The van der Waals surface area contributed by atoms with Crippen LogP contribution in [0, 0.1) is 0 Å². The van der Waals surface area contributed by atoms with Crippen LogP contribution in [0.3, 0.4) is 0 Å². The molecule has 148 valence electrons. The van der Waals surface area contributed by atoms with Gasteiger partial charge in [0, 0.05) is 51.7 Å². The van der Waals surface area contributed by atoms with Crippen molar-refractivity contribution in [2.24, 2.45) is 0 Å². The summed E-state index contributed by atoms with van der Waals surface area (Å²) in [4.78, 5) is 18.9. The Balaban J connectivity index is 1.29. The van der Waals surface area contributed by atoms with Crippen LogP contribution in [-0.4, -0.2) is 79.3 Å². The zero-order valence-corrected chi connectivity index (χ0v) is 16.4. The van der Waals surface area contributed by atoms with Gasteiger partial charge in [-0.1, -0.05) is 12.1 Å². The van der Waals surface area contributed by atoms with E-state index >= 15 is 0 Å². The lowest BCUT2D eigenvalue weighted by molar-refractivity contribution is 0.0412. The number of likely N-dealkylation sites (tertiary alicyclic amines) is 1. The molecule has 0 aromatic heterocycles. The Morgan fingerprint density at radius 3 is 2.89 bits per heavy atom. The summed E-state index contributed by atoms with van der Waals surface area (Å²) in [7, 11) is 0. The summed E-state index contributed by atoms with van der Waals surface area (Å²) in [6, 6.07) is 7.27. The molecule has 1 atom stereocenters. The summed E-state index contributed by atoms with van der Waals surface area (Å²) in [5.41, 5.74) is 2.75. The molecule has 1 aromatic rings. The predicted molar refractivity (Wildman–Crippen MR) is 104 cm³/mol. The van der Waals surface area contributed by atoms with Gasteiger partial charge in [0.1, 0.15) is 5.75 Å². The van der Waals surface area contributed by atoms with Gasteiger partial charge in [-0.25, -0.2) is 4.79 Å². The van der Waals surface area contributed by atoms with Crippen molar-refractivity contribution in [3.8, 4) is 5.75 Å². The second-order valence-electron chi connectivity index (χ2n) is 7.79. The highest BCUT2D eigenvalue weighted by molar-refractivity contribution is 5.67. The van der Waals surface area contributed by atoms with Gasteiger partial charge in [-0.15, -0.1) is 0 Å². The number of hydrogen-bond acceptors (Lipinski definition) is 5. The molecule has 0 saturated carbocycles. The van der Waals surface area contributed by atoms with Crippen LogP contribution >= 0.6 is 0 Å². The molecule has 27 heavy (non-hydrogen) atoms. The lowest BCUT2D eigenvalue weighted by Gasteiger charge is -2.43. The standard InChI is InChI=1S/C21H31N3O3/c1-2-26-21(25)24-11-9-23(10-12-24)19-4-3-8-22(16-19)15-17-5-6-20-18(14-17)7-13-27-20/h5-6,14,19H,2-4,7-13,15-16H2,1H3/t19-/m1/s1. The van der Waals surface area contributed by atoms with Crippen LogP contribution in [0.25, 0.3) is 0 Å². The minimum absolute atomic E-state index is 0.164. The fourth-order valence-electron chi connectivity index (χ4n) is 4.55. The molecule has 0 unspecified atom stereocenters. The van der Waals surface area contributed by atoms with Crippen molar-refractivity contribution in [3.63, 3.8) is 0 Å². The predicted octanol–water partition coefficient (Wildman–Crippen LogP) is 2.36. The largest absolute Gasteiger partial charge is 0.493 e. The van der Waals surface area contributed by atoms with Gasteiger partial charge in [0.25, 0.3) is 0 Å². The third-order valence-electron chi connectivity index (χ3n) is 6.00. The first kappa shape index (κ1) is 18.6. The van der Waals surface area contributed by atoms with Gasteiger partial charge in [-0.3, -0.25) is 9.80 Å². The van der Waals surface area contributed by atoms with E-state index in [0.717, 1.165) is 58.0 Å². The maximum atomic E-state index is 11.9. The molecule has 0 spiro atoms. The van der Waals surface area contributed by atoms with Crippen LogP contribution in [-0.2, 0) is 17.7 Å². The van der Waals surface area contributed by atoms with E-state index in [2.05, 4.69) is 28.0 Å². The summed E-state index contributed by atoms with van der Waals surface area (Å²) >= 11 is 0. The zero-order valence-electron chi connectivity index (χ0n) is 16.4. The molecule has 3 aliphatic heterocycles. The monoisotopic (exact) mass is 373 g/mol. The first-order valence-electron chi connectivity index (χ1n) is 10.4. The highest BCUT2D eigenvalue weighted by Gasteiger charge is 2.29. The molecular weight excluding hydrogens is 342 g/mol. The fraction of sp³-hybridized carbons (Fsp3) is 0.667. The molecule has 4 rings (SSSR count). The van der Waals surface area contributed by atoms with Crippen LogP contribution in [0.4, 0.5) is 4.79 Å². The molecule has 0 radical (unpaired) electrons.